The Hall–Kier alpha value is -1.62. The molecule has 7 nitrogen and oxygen atoms in total. The second-order valence-electron chi connectivity index (χ2n) is 6.61. The lowest BCUT2D eigenvalue weighted by Crippen LogP contribution is -2.43. The van der Waals surface area contributed by atoms with Crippen LogP contribution in [0, 0.1) is 13.8 Å². The minimum absolute atomic E-state index is 0. The molecule has 0 radical (unpaired) electrons. The molecule has 0 aromatic carbocycles. The average Bonchev–Trinajstić information content (AvgIpc) is 3.25. The summed E-state index contributed by atoms with van der Waals surface area (Å²) in [4.78, 5) is 16.9. The molecule has 2 rings (SSSR count). The zero-order valence-electron chi connectivity index (χ0n) is 17.2. The molecule has 1 atom stereocenters. The number of halogens is 1. The van der Waals surface area contributed by atoms with Crippen molar-refractivity contribution < 1.29 is 4.79 Å². The number of amides is 1. The zero-order chi connectivity index (χ0) is 19.8. The van der Waals surface area contributed by atoms with Crippen molar-refractivity contribution in [2.24, 2.45) is 12.0 Å². The minimum Gasteiger partial charge on any atom is -0.356 e. The highest BCUT2D eigenvalue weighted by atomic mass is 127. The lowest BCUT2D eigenvalue weighted by atomic mass is 10.1. The van der Waals surface area contributed by atoms with Gasteiger partial charge in [0, 0.05) is 38.9 Å². The summed E-state index contributed by atoms with van der Waals surface area (Å²) in [5.41, 5.74) is 3.56. The number of nitrogens with one attached hydrogen (secondary N) is 3. The van der Waals surface area contributed by atoms with E-state index < -0.39 is 0 Å². The molecule has 9 heteroatoms. The van der Waals surface area contributed by atoms with E-state index in [0.717, 1.165) is 35.9 Å². The quantitative estimate of drug-likeness (QED) is 0.217. The second-order valence-corrected chi connectivity index (χ2v) is 7.56. The number of aromatic nitrogens is 2. The third-order valence-electron chi connectivity index (χ3n) is 4.45. The van der Waals surface area contributed by atoms with Crippen molar-refractivity contribution in [3.63, 3.8) is 0 Å². The largest absolute Gasteiger partial charge is 0.356 e. The van der Waals surface area contributed by atoms with Gasteiger partial charge in [-0.3, -0.25) is 14.5 Å². The topological polar surface area (TPSA) is 83.3 Å². The van der Waals surface area contributed by atoms with Crippen LogP contribution in [0.5, 0.6) is 0 Å². The van der Waals surface area contributed by atoms with Crippen LogP contribution in [0.15, 0.2) is 22.5 Å². The van der Waals surface area contributed by atoms with E-state index in [2.05, 4.69) is 39.9 Å². The molecular formula is C19H31IN6OS. The number of guanidine groups is 1. The number of nitrogens with zero attached hydrogens (tertiary/aromatic N) is 3. The van der Waals surface area contributed by atoms with E-state index in [1.165, 1.54) is 22.6 Å². The van der Waals surface area contributed by atoms with Gasteiger partial charge in [0.05, 0.1) is 10.6 Å². The highest BCUT2D eigenvalue weighted by Gasteiger charge is 2.14. The van der Waals surface area contributed by atoms with Crippen LogP contribution < -0.4 is 16.0 Å². The number of carbonyl (C=O) groups is 1. The second kappa shape index (κ2) is 12.1. The van der Waals surface area contributed by atoms with Gasteiger partial charge in [0.15, 0.2) is 5.96 Å². The van der Waals surface area contributed by atoms with E-state index in [1.807, 2.05) is 36.2 Å². The summed E-state index contributed by atoms with van der Waals surface area (Å²) in [5.74, 6) is 0.759. The third-order valence-corrected chi connectivity index (χ3v) is 5.32. The molecule has 28 heavy (non-hydrogen) atoms. The molecule has 0 aliphatic carbocycles. The molecule has 2 aromatic rings. The molecule has 2 heterocycles. The maximum Gasteiger partial charge on any atom is 0.261 e. The standard InChI is InChI=1S/C19H30N6OS.HI/c1-13(12-16-14(2)24-25(5)15(16)3)23-19(20-4)22-10-7-9-21-18(26)17-8-6-11-27-17;/h6,8,11,13H,7,9-10,12H2,1-5H3,(H,21,26)(H2,20,22,23);1H. The number of hydrogen-bond acceptors (Lipinski definition) is 4. The molecule has 1 amide bonds. The molecule has 0 saturated heterocycles. The van der Waals surface area contributed by atoms with Crippen molar-refractivity contribution in [2.75, 3.05) is 20.1 Å². The molecule has 3 N–H and O–H groups in total. The molecule has 0 fully saturated rings. The van der Waals surface area contributed by atoms with Gasteiger partial charge in [0.25, 0.3) is 5.91 Å². The van der Waals surface area contributed by atoms with E-state index in [4.69, 9.17) is 0 Å². The molecule has 0 aliphatic heterocycles. The average molecular weight is 518 g/mol. The van der Waals surface area contributed by atoms with Gasteiger partial charge in [-0.2, -0.15) is 5.10 Å². The van der Waals surface area contributed by atoms with Gasteiger partial charge in [-0.05, 0) is 50.6 Å². The molecule has 2 aromatic heterocycles. The lowest BCUT2D eigenvalue weighted by molar-refractivity contribution is 0.0957. The first-order valence-corrected chi connectivity index (χ1v) is 10.1. The zero-order valence-corrected chi connectivity index (χ0v) is 20.4. The molecule has 0 saturated carbocycles. The van der Waals surface area contributed by atoms with Crippen LogP contribution in [0.2, 0.25) is 0 Å². The Balaban J connectivity index is 0.00000392. The first kappa shape index (κ1) is 24.4. The van der Waals surface area contributed by atoms with Gasteiger partial charge >= 0.3 is 0 Å². The number of hydrogen-bond donors (Lipinski definition) is 3. The summed E-state index contributed by atoms with van der Waals surface area (Å²) >= 11 is 1.45. The first-order valence-electron chi connectivity index (χ1n) is 9.20. The molecule has 0 bridgehead atoms. The van der Waals surface area contributed by atoms with Crippen molar-refractivity contribution in [1.29, 1.82) is 0 Å². The van der Waals surface area contributed by atoms with Crippen LogP contribution in [-0.4, -0.2) is 47.8 Å². The predicted molar refractivity (Wildman–Crippen MR) is 127 cm³/mol. The minimum atomic E-state index is -0.0108. The van der Waals surface area contributed by atoms with Gasteiger partial charge < -0.3 is 16.0 Å². The smallest absolute Gasteiger partial charge is 0.261 e. The number of rotatable bonds is 8. The Morgan fingerprint density at radius 2 is 2.04 bits per heavy atom. The van der Waals surface area contributed by atoms with Crippen LogP contribution in [0.1, 0.15) is 40.0 Å². The van der Waals surface area contributed by atoms with Gasteiger partial charge in [-0.25, -0.2) is 0 Å². The lowest BCUT2D eigenvalue weighted by Gasteiger charge is -2.18. The van der Waals surface area contributed by atoms with Gasteiger partial charge in [-0.15, -0.1) is 35.3 Å². The third kappa shape index (κ3) is 7.08. The summed E-state index contributed by atoms with van der Waals surface area (Å²) in [6.07, 6.45) is 1.72. The predicted octanol–water partition coefficient (Wildman–Crippen LogP) is 2.63. The molecular weight excluding hydrogens is 487 g/mol. The van der Waals surface area contributed by atoms with Crippen molar-refractivity contribution in [1.82, 2.24) is 25.7 Å². The Morgan fingerprint density at radius 3 is 2.61 bits per heavy atom. The van der Waals surface area contributed by atoms with Crippen LogP contribution in [-0.2, 0) is 13.5 Å². The van der Waals surface area contributed by atoms with E-state index >= 15 is 0 Å². The van der Waals surface area contributed by atoms with Crippen molar-refractivity contribution in [2.45, 2.75) is 39.7 Å². The van der Waals surface area contributed by atoms with Crippen molar-refractivity contribution in [3.8, 4) is 0 Å². The highest BCUT2D eigenvalue weighted by molar-refractivity contribution is 14.0. The summed E-state index contributed by atoms with van der Waals surface area (Å²) in [5, 5.41) is 16.0. The van der Waals surface area contributed by atoms with E-state index in [9.17, 15) is 4.79 Å². The fraction of sp³-hybridized carbons (Fsp3) is 0.526. The molecule has 1 unspecified atom stereocenters. The van der Waals surface area contributed by atoms with Crippen molar-refractivity contribution in [3.05, 3.63) is 39.3 Å². The van der Waals surface area contributed by atoms with Gasteiger partial charge in [0.1, 0.15) is 0 Å². The number of aliphatic imine (C=N–C) groups is 1. The first-order chi connectivity index (χ1) is 12.9. The Kier molecular flexibility index (Phi) is 10.5. The number of thiophene rings is 1. The Bertz CT molecular complexity index is 772. The maximum atomic E-state index is 11.9. The number of carbonyl (C=O) groups excluding carboxylic acids is 1. The summed E-state index contributed by atoms with van der Waals surface area (Å²) in [6, 6.07) is 3.94. The Labute approximate surface area is 188 Å². The summed E-state index contributed by atoms with van der Waals surface area (Å²) in [6.45, 7) is 7.65. The summed E-state index contributed by atoms with van der Waals surface area (Å²) in [7, 11) is 3.74. The fourth-order valence-electron chi connectivity index (χ4n) is 2.89. The van der Waals surface area contributed by atoms with Crippen molar-refractivity contribution >= 4 is 47.2 Å². The molecule has 0 aliphatic rings. The SMILES string of the molecule is CN=C(NCCCNC(=O)c1cccs1)NC(C)Cc1c(C)nn(C)c1C.I. The van der Waals surface area contributed by atoms with E-state index in [0.29, 0.717) is 6.54 Å². The Morgan fingerprint density at radius 1 is 1.32 bits per heavy atom. The summed E-state index contributed by atoms with van der Waals surface area (Å²) < 4.78 is 1.93. The normalized spacial score (nSPS) is 12.2. The van der Waals surface area contributed by atoms with Crippen LogP contribution in [0.25, 0.3) is 0 Å². The van der Waals surface area contributed by atoms with E-state index in [-0.39, 0.29) is 35.9 Å². The molecule has 0 spiro atoms. The number of aryl methyl sites for hydroxylation is 2. The maximum absolute atomic E-state index is 11.9. The fourth-order valence-corrected chi connectivity index (χ4v) is 3.53. The molecule has 156 valence electrons. The van der Waals surface area contributed by atoms with Crippen LogP contribution >= 0.6 is 35.3 Å². The van der Waals surface area contributed by atoms with E-state index in [1.54, 1.807) is 7.05 Å². The highest BCUT2D eigenvalue weighted by Crippen LogP contribution is 2.14. The van der Waals surface area contributed by atoms with Crippen LogP contribution in [0.4, 0.5) is 0 Å². The monoisotopic (exact) mass is 518 g/mol. The van der Waals surface area contributed by atoms with Crippen LogP contribution in [0.3, 0.4) is 0 Å². The van der Waals surface area contributed by atoms with Gasteiger partial charge in [0.2, 0.25) is 0 Å². The van der Waals surface area contributed by atoms with Gasteiger partial charge in [-0.1, -0.05) is 6.07 Å².